The molecule has 0 aliphatic heterocycles. The third-order valence-electron chi connectivity index (χ3n) is 3.57. The lowest BCUT2D eigenvalue weighted by Gasteiger charge is -2.21. The Bertz CT molecular complexity index is 377. The van der Waals surface area contributed by atoms with Gasteiger partial charge in [-0.3, -0.25) is 0 Å². The van der Waals surface area contributed by atoms with Crippen molar-refractivity contribution in [2.45, 2.75) is 45.2 Å². The molecule has 1 aromatic rings. The minimum atomic E-state index is 0.573. The summed E-state index contributed by atoms with van der Waals surface area (Å²) in [5, 5.41) is 0. The summed E-state index contributed by atoms with van der Waals surface area (Å²) < 4.78 is 5.79. The highest BCUT2D eigenvalue weighted by Crippen LogP contribution is 2.26. The van der Waals surface area contributed by atoms with Crippen molar-refractivity contribution < 1.29 is 4.74 Å². The van der Waals surface area contributed by atoms with Gasteiger partial charge >= 0.3 is 0 Å². The van der Waals surface area contributed by atoms with Crippen molar-refractivity contribution in [3.63, 3.8) is 0 Å². The van der Waals surface area contributed by atoms with E-state index < -0.39 is 0 Å². The second-order valence-electron chi connectivity index (χ2n) is 5.32. The minimum absolute atomic E-state index is 0.573. The maximum absolute atomic E-state index is 5.79. The van der Waals surface area contributed by atoms with Crippen LogP contribution in [-0.2, 0) is 6.54 Å². The van der Waals surface area contributed by atoms with Gasteiger partial charge in [0.1, 0.15) is 5.75 Å². The summed E-state index contributed by atoms with van der Waals surface area (Å²) in [6, 6.07) is 8.93. The van der Waals surface area contributed by atoms with Crippen LogP contribution in [0.1, 0.15) is 38.2 Å². The number of hydrogen-bond donors (Lipinski definition) is 1. The van der Waals surface area contributed by atoms with Crippen molar-refractivity contribution in [3.8, 4) is 5.75 Å². The Hall–Kier alpha value is -1.06. The second kappa shape index (κ2) is 7.51. The summed E-state index contributed by atoms with van der Waals surface area (Å²) in [5.41, 5.74) is 6.75. The fourth-order valence-electron chi connectivity index (χ4n) is 2.42. The summed E-state index contributed by atoms with van der Waals surface area (Å²) in [4.78, 5) is 2.61. The fraction of sp³-hybridized carbons (Fsp3) is 0.625. The first kappa shape index (κ1) is 14.4. The van der Waals surface area contributed by atoms with Crippen LogP contribution in [0.25, 0.3) is 0 Å². The molecule has 1 aliphatic rings. The molecule has 1 fully saturated rings. The van der Waals surface area contributed by atoms with Crippen LogP contribution in [0.15, 0.2) is 24.3 Å². The molecule has 2 N–H and O–H groups in total. The number of nitrogens with two attached hydrogens (primary N) is 1. The molecule has 0 bridgehead atoms. The van der Waals surface area contributed by atoms with Crippen LogP contribution in [0.5, 0.6) is 5.75 Å². The molecular weight excluding hydrogens is 236 g/mol. The predicted octanol–water partition coefficient (Wildman–Crippen LogP) is 2.79. The molecule has 0 spiro atoms. The Morgan fingerprint density at radius 3 is 2.84 bits per heavy atom. The van der Waals surface area contributed by atoms with Gasteiger partial charge in [-0.2, -0.15) is 0 Å². The van der Waals surface area contributed by atoms with Crippen molar-refractivity contribution in [3.05, 3.63) is 29.8 Å². The Morgan fingerprint density at radius 2 is 2.16 bits per heavy atom. The van der Waals surface area contributed by atoms with E-state index >= 15 is 0 Å². The average Bonchev–Trinajstić information content (AvgIpc) is 3.27. The largest absolute Gasteiger partial charge is 0.494 e. The van der Waals surface area contributed by atoms with Gasteiger partial charge in [-0.15, -0.1) is 0 Å². The van der Waals surface area contributed by atoms with Gasteiger partial charge in [0.05, 0.1) is 6.61 Å². The van der Waals surface area contributed by atoms with Crippen molar-refractivity contribution in [1.82, 2.24) is 4.90 Å². The van der Waals surface area contributed by atoms with Crippen LogP contribution in [0, 0.1) is 0 Å². The first-order valence-electron chi connectivity index (χ1n) is 7.49. The van der Waals surface area contributed by atoms with Crippen molar-refractivity contribution in [2.75, 3.05) is 19.7 Å². The van der Waals surface area contributed by atoms with Crippen LogP contribution in [0.2, 0.25) is 0 Å². The van der Waals surface area contributed by atoms with Gasteiger partial charge in [0.15, 0.2) is 0 Å². The van der Waals surface area contributed by atoms with Gasteiger partial charge in [0, 0.05) is 19.1 Å². The smallest absolute Gasteiger partial charge is 0.119 e. The van der Waals surface area contributed by atoms with Crippen LogP contribution in [0.3, 0.4) is 0 Å². The molecule has 3 nitrogen and oxygen atoms in total. The quantitative estimate of drug-likeness (QED) is 0.695. The first-order chi connectivity index (χ1) is 9.33. The zero-order chi connectivity index (χ0) is 13.5. The van der Waals surface area contributed by atoms with Crippen LogP contribution in [-0.4, -0.2) is 30.6 Å². The van der Waals surface area contributed by atoms with Gasteiger partial charge in [-0.05, 0) is 49.9 Å². The van der Waals surface area contributed by atoms with E-state index in [1.54, 1.807) is 0 Å². The molecule has 0 saturated heterocycles. The number of rotatable bonds is 9. The maximum atomic E-state index is 5.79. The lowest BCUT2D eigenvalue weighted by Crippen LogP contribution is -2.28. The zero-order valence-corrected chi connectivity index (χ0v) is 12.0. The highest BCUT2D eigenvalue weighted by molar-refractivity contribution is 5.28. The van der Waals surface area contributed by atoms with E-state index in [0.717, 1.165) is 36.9 Å². The van der Waals surface area contributed by atoms with E-state index in [9.17, 15) is 0 Å². The SMILES string of the molecule is CCCN(CCCOc1cccc(CN)c1)C1CC1. The summed E-state index contributed by atoms with van der Waals surface area (Å²) in [6.45, 7) is 6.01. The monoisotopic (exact) mass is 262 g/mol. The molecule has 0 heterocycles. The van der Waals surface area contributed by atoms with Crippen molar-refractivity contribution in [1.29, 1.82) is 0 Å². The molecule has 0 unspecified atom stereocenters. The standard InChI is InChI=1S/C16H26N2O/c1-2-9-18(15-7-8-15)10-4-11-19-16-6-3-5-14(12-16)13-17/h3,5-6,12,15H,2,4,7-11,13,17H2,1H3. The van der Waals surface area contributed by atoms with Crippen LogP contribution in [0.4, 0.5) is 0 Å². The van der Waals surface area contributed by atoms with Crippen LogP contribution < -0.4 is 10.5 Å². The highest BCUT2D eigenvalue weighted by atomic mass is 16.5. The molecule has 3 heteroatoms. The fourth-order valence-corrected chi connectivity index (χ4v) is 2.42. The molecule has 2 rings (SSSR count). The molecule has 0 radical (unpaired) electrons. The highest BCUT2D eigenvalue weighted by Gasteiger charge is 2.27. The third kappa shape index (κ3) is 4.84. The van der Waals surface area contributed by atoms with E-state index in [2.05, 4.69) is 11.8 Å². The average molecular weight is 262 g/mol. The van der Waals surface area contributed by atoms with Gasteiger partial charge in [-0.1, -0.05) is 19.1 Å². The third-order valence-corrected chi connectivity index (χ3v) is 3.57. The molecule has 19 heavy (non-hydrogen) atoms. The Balaban J connectivity index is 1.67. The molecular formula is C16H26N2O. The lowest BCUT2D eigenvalue weighted by molar-refractivity contribution is 0.227. The number of nitrogens with zero attached hydrogens (tertiary/aromatic N) is 1. The Labute approximate surface area is 116 Å². The normalized spacial score (nSPS) is 14.9. The van der Waals surface area contributed by atoms with E-state index in [-0.39, 0.29) is 0 Å². The number of benzene rings is 1. The molecule has 1 saturated carbocycles. The van der Waals surface area contributed by atoms with E-state index in [0.29, 0.717) is 6.54 Å². The van der Waals surface area contributed by atoms with Gasteiger partial charge < -0.3 is 15.4 Å². The summed E-state index contributed by atoms with van der Waals surface area (Å²) in [6.07, 6.45) is 5.12. The molecule has 1 aliphatic carbocycles. The van der Waals surface area contributed by atoms with Crippen molar-refractivity contribution in [2.24, 2.45) is 5.73 Å². The molecule has 106 valence electrons. The molecule has 0 amide bonds. The second-order valence-corrected chi connectivity index (χ2v) is 5.32. The van der Waals surface area contributed by atoms with E-state index in [1.165, 1.54) is 25.8 Å². The lowest BCUT2D eigenvalue weighted by atomic mass is 10.2. The Kier molecular flexibility index (Phi) is 5.67. The molecule has 1 aromatic carbocycles. The number of hydrogen-bond acceptors (Lipinski definition) is 3. The van der Waals surface area contributed by atoms with E-state index in [1.807, 2.05) is 24.3 Å². The summed E-state index contributed by atoms with van der Waals surface area (Å²) in [7, 11) is 0. The minimum Gasteiger partial charge on any atom is -0.494 e. The molecule has 0 aromatic heterocycles. The number of ether oxygens (including phenoxy) is 1. The van der Waals surface area contributed by atoms with Crippen molar-refractivity contribution >= 4 is 0 Å². The predicted molar refractivity (Wildman–Crippen MR) is 79.3 cm³/mol. The van der Waals surface area contributed by atoms with Crippen LogP contribution >= 0.6 is 0 Å². The zero-order valence-electron chi connectivity index (χ0n) is 12.0. The molecule has 0 atom stereocenters. The summed E-state index contributed by atoms with van der Waals surface area (Å²) in [5.74, 6) is 0.941. The Morgan fingerprint density at radius 1 is 1.32 bits per heavy atom. The van der Waals surface area contributed by atoms with Gasteiger partial charge in [-0.25, -0.2) is 0 Å². The van der Waals surface area contributed by atoms with Gasteiger partial charge in [0.25, 0.3) is 0 Å². The topological polar surface area (TPSA) is 38.5 Å². The van der Waals surface area contributed by atoms with Gasteiger partial charge in [0.2, 0.25) is 0 Å². The maximum Gasteiger partial charge on any atom is 0.119 e. The summed E-state index contributed by atoms with van der Waals surface area (Å²) >= 11 is 0. The first-order valence-corrected chi connectivity index (χ1v) is 7.49. The van der Waals surface area contributed by atoms with E-state index in [4.69, 9.17) is 10.5 Å².